The molecule has 2 aromatic rings. The Labute approximate surface area is 189 Å². The average molecular weight is 462 g/mol. The quantitative estimate of drug-likeness (QED) is 0.667. The molecule has 0 saturated carbocycles. The lowest BCUT2D eigenvalue weighted by atomic mass is 9.98. The van der Waals surface area contributed by atoms with E-state index in [1.165, 1.54) is 4.31 Å². The smallest absolute Gasteiger partial charge is 0.341 e. The second-order valence-corrected chi connectivity index (χ2v) is 10.0. The van der Waals surface area contributed by atoms with Gasteiger partial charge in [-0.15, -0.1) is 0 Å². The molecule has 3 rings (SSSR count). The van der Waals surface area contributed by atoms with Crippen LogP contribution in [0.1, 0.15) is 47.1 Å². The number of sulfonamides is 1. The molecule has 2 heterocycles. The second kappa shape index (κ2) is 9.46. The summed E-state index contributed by atoms with van der Waals surface area (Å²) in [7, 11) is -2.28. The molecule has 1 aliphatic rings. The van der Waals surface area contributed by atoms with Crippen molar-refractivity contribution in [3.05, 3.63) is 46.8 Å². The van der Waals surface area contributed by atoms with E-state index in [1.807, 2.05) is 31.2 Å². The maximum Gasteiger partial charge on any atom is 0.341 e. The van der Waals surface area contributed by atoms with Gasteiger partial charge in [0, 0.05) is 37.2 Å². The summed E-state index contributed by atoms with van der Waals surface area (Å²) in [4.78, 5) is 25.5. The Morgan fingerprint density at radius 3 is 2.50 bits per heavy atom. The summed E-state index contributed by atoms with van der Waals surface area (Å²) in [6, 6.07) is 7.47. The number of nitrogens with one attached hydrogen (secondary N) is 1. The van der Waals surface area contributed by atoms with Crippen LogP contribution in [0.2, 0.25) is 0 Å². The molecule has 1 saturated heterocycles. The third-order valence-electron chi connectivity index (χ3n) is 6.16. The fraction of sp³-hybridized carbons (Fsp3) is 0.478. The van der Waals surface area contributed by atoms with Crippen LogP contribution < -0.4 is 5.32 Å². The number of hydrogen-bond acceptors (Lipinski definition) is 5. The Morgan fingerprint density at radius 1 is 1.16 bits per heavy atom. The van der Waals surface area contributed by atoms with E-state index in [0.717, 1.165) is 11.3 Å². The lowest BCUT2D eigenvalue weighted by molar-refractivity contribution is -0.120. The average Bonchev–Trinajstić information content (AvgIpc) is 3.00. The standard InChI is InChI=1S/C23H31N3O5S/c1-6-31-23(28)20-16(3)25(5)17(4)21(20)32(29,30)26-13-9-11-18(14-26)22(27)24-19-12-8-7-10-15(19)2/h7-8,10,12,18H,6,9,11,13-14H2,1-5H3,(H,24,27). The van der Waals surface area contributed by atoms with Gasteiger partial charge in [0.05, 0.1) is 12.5 Å². The summed E-state index contributed by atoms with van der Waals surface area (Å²) in [6.07, 6.45) is 1.16. The number of rotatable bonds is 6. The van der Waals surface area contributed by atoms with Crippen molar-refractivity contribution in [3.63, 3.8) is 0 Å². The Morgan fingerprint density at radius 2 is 1.84 bits per heavy atom. The minimum absolute atomic E-state index is 0.0316. The van der Waals surface area contributed by atoms with E-state index in [9.17, 15) is 18.0 Å². The zero-order valence-corrected chi connectivity index (χ0v) is 20.1. The van der Waals surface area contributed by atoms with Crippen LogP contribution in [-0.4, -0.2) is 48.9 Å². The van der Waals surface area contributed by atoms with Gasteiger partial charge in [0.1, 0.15) is 10.5 Å². The van der Waals surface area contributed by atoms with Crippen molar-refractivity contribution >= 4 is 27.6 Å². The van der Waals surface area contributed by atoms with Crippen LogP contribution in [0.15, 0.2) is 29.2 Å². The predicted molar refractivity (Wildman–Crippen MR) is 122 cm³/mol. The number of ether oxygens (including phenoxy) is 1. The molecule has 0 aliphatic carbocycles. The first-order valence-electron chi connectivity index (χ1n) is 10.8. The van der Waals surface area contributed by atoms with Crippen molar-refractivity contribution in [3.8, 4) is 0 Å². The zero-order chi connectivity index (χ0) is 23.6. The van der Waals surface area contributed by atoms with Crippen molar-refractivity contribution in [2.75, 3.05) is 25.0 Å². The van der Waals surface area contributed by atoms with E-state index in [2.05, 4.69) is 5.32 Å². The Bertz CT molecular complexity index is 1140. The summed E-state index contributed by atoms with van der Waals surface area (Å²) < 4.78 is 35.5. The molecule has 1 fully saturated rings. The van der Waals surface area contributed by atoms with Gasteiger partial charge in [-0.3, -0.25) is 4.79 Å². The maximum absolute atomic E-state index is 13.7. The molecular weight excluding hydrogens is 430 g/mol. The Balaban J connectivity index is 1.90. The van der Waals surface area contributed by atoms with Gasteiger partial charge in [-0.2, -0.15) is 4.31 Å². The molecule has 0 spiro atoms. The van der Waals surface area contributed by atoms with E-state index in [-0.39, 0.29) is 29.5 Å². The number of piperidine rings is 1. The van der Waals surface area contributed by atoms with Crippen LogP contribution in [0.4, 0.5) is 5.69 Å². The number of nitrogens with zero attached hydrogens (tertiary/aromatic N) is 2. The fourth-order valence-corrected chi connectivity index (χ4v) is 6.13. The highest BCUT2D eigenvalue weighted by atomic mass is 32.2. The van der Waals surface area contributed by atoms with Crippen molar-refractivity contribution in [2.45, 2.75) is 45.4 Å². The van der Waals surface area contributed by atoms with Gasteiger partial charge in [0.2, 0.25) is 15.9 Å². The van der Waals surface area contributed by atoms with E-state index in [1.54, 1.807) is 32.4 Å². The number of benzene rings is 1. The number of amides is 1. The number of aryl methyl sites for hydroxylation is 1. The normalized spacial score (nSPS) is 17.2. The highest BCUT2D eigenvalue weighted by Crippen LogP contribution is 2.32. The molecule has 1 aromatic heterocycles. The van der Waals surface area contributed by atoms with Gasteiger partial charge in [-0.05, 0) is 52.2 Å². The number of carbonyl (C=O) groups excluding carboxylic acids is 2. The van der Waals surface area contributed by atoms with Gasteiger partial charge in [0.25, 0.3) is 0 Å². The molecule has 174 valence electrons. The summed E-state index contributed by atoms with van der Waals surface area (Å²) in [5, 5.41) is 2.92. The summed E-state index contributed by atoms with van der Waals surface area (Å²) >= 11 is 0. The number of aromatic nitrogens is 1. The number of hydrogen-bond donors (Lipinski definition) is 1. The number of anilines is 1. The first kappa shape index (κ1) is 24.0. The lowest BCUT2D eigenvalue weighted by Crippen LogP contribution is -2.44. The third kappa shape index (κ3) is 4.45. The molecule has 8 nitrogen and oxygen atoms in total. The van der Waals surface area contributed by atoms with E-state index in [0.29, 0.717) is 30.8 Å². The Kier molecular flexibility index (Phi) is 7.09. The minimum atomic E-state index is -4.00. The largest absolute Gasteiger partial charge is 0.462 e. The van der Waals surface area contributed by atoms with Crippen molar-refractivity contribution in [1.82, 2.24) is 8.87 Å². The molecule has 9 heteroatoms. The van der Waals surface area contributed by atoms with Crippen molar-refractivity contribution < 1.29 is 22.7 Å². The SMILES string of the molecule is CCOC(=O)c1c(S(=O)(=O)N2CCCC(C(=O)Nc3ccccc3C)C2)c(C)n(C)c1C. The van der Waals surface area contributed by atoms with E-state index in [4.69, 9.17) is 4.74 Å². The number of para-hydroxylation sites is 1. The highest BCUT2D eigenvalue weighted by Gasteiger charge is 2.39. The van der Waals surface area contributed by atoms with E-state index < -0.39 is 21.9 Å². The second-order valence-electron chi connectivity index (χ2n) is 8.16. The number of esters is 1. The molecule has 1 aliphatic heterocycles. The summed E-state index contributed by atoms with van der Waals surface area (Å²) in [5.41, 5.74) is 2.73. The molecule has 32 heavy (non-hydrogen) atoms. The van der Waals surface area contributed by atoms with Crippen LogP contribution in [0.5, 0.6) is 0 Å². The summed E-state index contributed by atoms with van der Waals surface area (Å²) in [5.74, 6) is -1.33. The zero-order valence-electron chi connectivity index (χ0n) is 19.3. The predicted octanol–water partition coefficient (Wildman–Crippen LogP) is 3.17. The van der Waals surface area contributed by atoms with Gasteiger partial charge in [-0.1, -0.05) is 18.2 Å². The molecule has 1 N–H and O–H groups in total. The third-order valence-corrected chi connectivity index (χ3v) is 8.19. The van der Waals surface area contributed by atoms with Crippen LogP contribution >= 0.6 is 0 Å². The van der Waals surface area contributed by atoms with E-state index >= 15 is 0 Å². The van der Waals surface area contributed by atoms with Crippen molar-refractivity contribution in [1.29, 1.82) is 0 Å². The fourth-order valence-electron chi connectivity index (χ4n) is 4.13. The lowest BCUT2D eigenvalue weighted by Gasteiger charge is -2.31. The molecule has 1 unspecified atom stereocenters. The van der Waals surface area contributed by atoms with Crippen LogP contribution in [0.25, 0.3) is 0 Å². The van der Waals surface area contributed by atoms with Gasteiger partial charge in [-0.25, -0.2) is 13.2 Å². The number of carbonyl (C=O) groups is 2. The molecule has 0 radical (unpaired) electrons. The maximum atomic E-state index is 13.7. The van der Waals surface area contributed by atoms with Gasteiger partial charge < -0.3 is 14.6 Å². The van der Waals surface area contributed by atoms with Crippen LogP contribution in [-0.2, 0) is 26.6 Å². The molecular formula is C23H31N3O5S. The molecule has 0 bridgehead atoms. The highest BCUT2D eigenvalue weighted by molar-refractivity contribution is 7.89. The first-order valence-corrected chi connectivity index (χ1v) is 12.2. The summed E-state index contributed by atoms with van der Waals surface area (Å²) in [6.45, 7) is 7.48. The molecule has 1 aromatic carbocycles. The van der Waals surface area contributed by atoms with Crippen LogP contribution in [0.3, 0.4) is 0 Å². The minimum Gasteiger partial charge on any atom is -0.462 e. The van der Waals surface area contributed by atoms with Gasteiger partial charge >= 0.3 is 5.97 Å². The first-order chi connectivity index (χ1) is 15.1. The van der Waals surface area contributed by atoms with Crippen LogP contribution in [0, 0.1) is 26.7 Å². The molecule has 1 atom stereocenters. The topological polar surface area (TPSA) is 97.7 Å². The van der Waals surface area contributed by atoms with Crippen molar-refractivity contribution in [2.24, 2.45) is 13.0 Å². The Hall–Kier alpha value is -2.65. The monoisotopic (exact) mass is 461 g/mol. The van der Waals surface area contributed by atoms with Gasteiger partial charge in [0.15, 0.2) is 0 Å². The molecule has 1 amide bonds.